The topological polar surface area (TPSA) is 78.7 Å². The Morgan fingerprint density at radius 1 is 1.03 bits per heavy atom. The number of carbonyl (C=O) groups is 1. The summed E-state index contributed by atoms with van der Waals surface area (Å²) < 4.78 is 11.4. The minimum Gasteiger partial charge on any atom is -0.489 e. The highest BCUT2D eigenvalue weighted by atomic mass is 35.5. The van der Waals surface area contributed by atoms with Crippen molar-refractivity contribution in [3.8, 4) is 11.5 Å². The molecular formula is C22H13Cl2NO5. The lowest BCUT2D eigenvalue weighted by Crippen LogP contribution is -1.98. The third-order valence-corrected chi connectivity index (χ3v) is 5.15. The van der Waals surface area contributed by atoms with Gasteiger partial charge in [-0.15, -0.1) is 0 Å². The van der Waals surface area contributed by atoms with Crippen molar-refractivity contribution in [2.45, 2.75) is 6.61 Å². The van der Waals surface area contributed by atoms with Crippen LogP contribution in [0.25, 0.3) is 6.08 Å². The van der Waals surface area contributed by atoms with E-state index in [0.29, 0.717) is 32.7 Å². The van der Waals surface area contributed by atoms with Crippen LogP contribution in [0.3, 0.4) is 0 Å². The number of non-ortho nitro benzene ring substituents is 1. The molecule has 0 N–H and O–H groups in total. The fourth-order valence-electron chi connectivity index (χ4n) is 2.93. The Labute approximate surface area is 181 Å². The van der Waals surface area contributed by atoms with Gasteiger partial charge in [-0.2, -0.15) is 0 Å². The smallest absolute Gasteiger partial charge is 0.270 e. The Hall–Kier alpha value is -3.35. The van der Waals surface area contributed by atoms with Gasteiger partial charge in [0.25, 0.3) is 5.69 Å². The first kappa shape index (κ1) is 19.9. The molecule has 0 aliphatic carbocycles. The van der Waals surface area contributed by atoms with Gasteiger partial charge in [-0.1, -0.05) is 41.4 Å². The predicted octanol–water partition coefficient (Wildman–Crippen LogP) is 6.10. The Morgan fingerprint density at radius 2 is 1.87 bits per heavy atom. The van der Waals surface area contributed by atoms with E-state index in [1.807, 2.05) is 6.07 Å². The third kappa shape index (κ3) is 4.15. The minimum atomic E-state index is -0.494. The van der Waals surface area contributed by atoms with Crippen molar-refractivity contribution < 1.29 is 19.2 Å². The van der Waals surface area contributed by atoms with E-state index in [-0.39, 0.29) is 23.8 Å². The second kappa shape index (κ2) is 8.18. The van der Waals surface area contributed by atoms with Crippen molar-refractivity contribution in [2.75, 3.05) is 0 Å². The fraction of sp³-hybridized carbons (Fsp3) is 0.0455. The van der Waals surface area contributed by atoms with Gasteiger partial charge in [0, 0.05) is 18.2 Å². The van der Waals surface area contributed by atoms with Crippen LogP contribution in [-0.4, -0.2) is 10.7 Å². The SMILES string of the molecule is O=C1/C(=C/c2cccc([N+](=O)[O-])c2)Oc2cc(OCc3ccc(Cl)c(Cl)c3)ccc21. The molecule has 0 bridgehead atoms. The Kier molecular flexibility index (Phi) is 5.44. The molecule has 3 aromatic rings. The molecule has 0 aromatic heterocycles. The van der Waals surface area contributed by atoms with Gasteiger partial charge >= 0.3 is 0 Å². The molecule has 1 aliphatic heterocycles. The number of hydrogen-bond acceptors (Lipinski definition) is 5. The van der Waals surface area contributed by atoms with E-state index in [4.69, 9.17) is 32.7 Å². The standard InChI is InChI=1S/C22H13Cl2NO5/c23-18-7-4-14(9-19(18)24)12-29-16-5-6-17-20(11-16)30-21(22(17)26)10-13-2-1-3-15(8-13)25(27)28/h1-11H,12H2/b21-10-. The van der Waals surface area contributed by atoms with Gasteiger partial charge in [0.2, 0.25) is 5.78 Å². The molecule has 6 nitrogen and oxygen atoms in total. The molecule has 150 valence electrons. The summed E-state index contributed by atoms with van der Waals surface area (Å²) >= 11 is 11.9. The van der Waals surface area contributed by atoms with Gasteiger partial charge in [0.1, 0.15) is 18.1 Å². The molecule has 30 heavy (non-hydrogen) atoms. The average Bonchev–Trinajstić information content (AvgIpc) is 3.04. The highest BCUT2D eigenvalue weighted by Crippen LogP contribution is 2.35. The van der Waals surface area contributed by atoms with Gasteiger partial charge in [-0.05, 0) is 41.5 Å². The molecule has 0 saturated carbocycles. The molecule has 3 aromatic carbocycles. The number of ether oxygens (including phenoxy) is 2. The van der Waals surface area contributed by atoms with Gasteiger partial charge in [0.05, 0.1) is 20.5 Å². The van der Waals surface area contributed by atoms with Crippen LogP contribution in [0.15, 0.2) is 66.4 Å². The molecule has 0 unspecified atom stereocenters. The second-order valence-electron chi connectivity index (χ2n) is 6.49. The molecule has 8 heteroatoms. The molecule has 0 radical (unpaired) electrons. The number of nitrogens with zero attached hydrogens (tertiary/aromatic N) is 1. The largest absolute Gasteiger partial charge is 0.489 e. The summed E-state index contributed by atoms with van der Waals surface area (Å²) in [6.07, 6.45) is 1.48. The van der Waals surface area contributed by atoms with E-state index < -0.39 is 4.92 Å². The molecule has 0 amide bonds. The predicted molar refractivity (Wildman–Crippen MR) is 113 cm³/mol. The van der Waals surface area contributed by atoms with Crippen LogP contribution in [0, 0.1) is 10.1 Å². The number of rotatable bonds is 5. The molecule has 1 heterocycles. The molecule has 0 saturated heterocycles. The molecule has 0 spiro atoms. The van der Waals surface area contributed by atoms with Crippen LogP contribution in [0.1, 0.15) is 21.5 Å². The van der Waals surface area contributed by atoms with Crippen LogP contribution >= 0.6 is 23.2 Å². The van der Waals surface area contributed by atoms with Crippen molar-refractivity contribution in [3.05, 3.63) is 103 Å². The summed E-state index contributed by atoms with van der Waals surface area (Å²) in [5.74, 6) is 0.673. The fourth-order valence-corrected chi connectivity index (χ4v) is 3.25. The lowest BCUT2D eigenvalue weighted by Gasteiger charge is -2.08. The van der Waals surface area contributed by atoms with E-state index in [0.717, 1.165) is 5.56 Å². The van der Waals surface area contributed by atoms with E-state index in [9.17, 15) is 14.9 Å². The Morgan fingerprint density at radius 3 is 2.63 bits per heavy atom. The first-order valence-corrected chi connectivity index (χ1v) is 9.56. The number of fused-ring (bicyclic) bond motifs is 1. The molecular weight excluding hydrogens is 429 g/mol. The summed E-state index contributed by atoms with van der Waals surface area (Å²) in [6, 6.07) is 16.1. The van der Waals surface area contributed by atoms with Gasteiger partial charge < -0.3 is 9.47 Å². The van der Waals surface area contributed by atoms with Crippen molar-refractivity contribution in [1.82, 2.24) is 0 Å². The zero-order valence-corrected chi connectivity index (χ0v) is 16.8. The summed E-state index contributed by atoms with van der Waals surface area (Å²) in [5, 5.41) is 11.8. The highest BCUT2D eigenvalue weighted by molar-refractivity contribution is 6.42. The first-order chi connectivity index (χ1) is 14.4. The van der Waals surface area contributed by atoms with Crippen LogP contribution in [0.4, 0.5) is 5.69 Å². The maximum atomic E-state index is 12.6. The van der Waals surface area contributed by atoms with Crippen LogP contribution in [-0.2, 0) is 6.61 Å². The quantitative estimate of drug-likeness (QED) is 0.271. The number of carbonyl (C=O) groups excluding carboxylic acids is 1. The van der Waals surface area contributed by atoms with E-state index in [1.54, 1.807) is 42.5 Å². The van der Waals surface area contributed by atoms with Gasteiger partial charge in [0.15, 0.2) is 5.76 Å². The molecule has 4 rings (SSSR count). The Bertz CT molecular complexity index is 1210. The van der Waals surface area contributed by atoms with Crippen molar-refractivity contribution in [2.24, 2.45) is 0 Å². The van der Waals surface area contributed by atoms with E-state index in [2.05, 4.69) is 0 Å². The Balaban J connectivity index is 1.51. The van der Waals surface area contributed by atoms with Crippen molar-refractivity contribution in [1.29, 1.82) is 0 Å². The van der Waals surface area contributed by atoms with Gasteiger partial charge in [-0.3, -0.25) is 14.9 Å². The summed E-state index contributed by atoms with van der Waals surface area (Å²) in [6.45, 7) is 0.264. The number of Topliss-reactive ketones (excluding diaryl/α,β-unsaturated/α-hetero) is 1. The second-order valence-corrected chi connectivity index (χ2v) is 7.30. The number of ketones is 1. The third-order valence-electron chi connectivity index (χ3n) is 4.41. The summed E-state index contributed by atoms with van der Waals surface area (Å²) in [5.41, 5.74) is 1.67. The van der Waals surface area contributed by atoms with E-state index >= 15 is 0 Å². The highest BCUT2D eigenvalue weighted by Gasteiger charge is 2.28. The zero-order valence-electron chi connectivity index (χ0n) is 15.3. The minimum absolute atomic E-state index is 0.0645. The van der Waals surface area contributed by atoms with E-state index in [1.165, 1.54) is 18.2 Å². The van der Waals surface area contributed by atoms with Gasteiger partial charge in [-0.25, -0.2) is 0 Å². The number of allylic oxidation sites excluding steroid dienone is 1. The first-order valence-electron chi connectivity index (χ1n) is 8.80. The van der Waals surface area contributed by atoms with Crippen LogP contribution in [0.5, 0.6) is 11.5 Å². The lowest BCUT2D eigenvalue weighted by molar-refractivity contribution is -0.384. The summed E-state index contributed by atoms with van der Waals surface area (Å²) in [7, 11) is 0. The number of nitro benzene ring substituents is 1. The van der Waals surface area contributed by atoms with Crippen molar-refractivity contribution in [3.63, 3.8) is 0 Å². The lowest BCUT2D eigenvalue weighted by atomic mass is 10.1. The molecule has 0 fully saturated rings. The maximum absolute atomic E-state index is 12.6. The molecule has 1 aliphatic rings. The zero-order chi connectivity index (χ0) is 21.3. The number of halogens is 2. The summed E-state index contributed by atoms with van der Waals surface area (Å²) in [4.78, 5) is 23.0. The van der Waals surface area contributed by atoms with Crippen LogP contribution < -0.4 is 9.47 Å². The average molecular weight is 442 g/mol. The number of nitro groups is 1. The van der Waals surface area contributed by atoms with Crippen LogP contribution in [0.2, 0.25) is 10.0 Å². The normalized spacial score (nSPS) is 13.8. The molecule has 0 atom stereocenters. The monoisotopic (exact) mass is 441 g/mol. The number of benzene rings is 3. The maximum Gasteiger partial charge on any atom is 0.270 e. The number of hydrogen-bond donors (Lipinski definition) is 0. The van der Waals surface area contributed by atoms with Crippen molar-refractivity contribution >= 4 is 40.7 Å².